The van der Waals surface area contributed by atoms with E-state index in [4.69, 9.17) is 5.26 Å². The Morgan fingerprint density at radius 2 is 2.15 bits per heavy atom. The number of rotatable bonds is 6. The molecule has 2 aromatic heterocycles. The molecule has 2 fully saturated rings. The van der Waals surface area contributed by atoms with Gasteiger partial charge in [-0.05, 0) is 50.5 Å². The summed E-state index contributed by atoms with van der Waals surface area (Å²) in [6, 6.07) is 4.27. The lowest BCUT2D eigenvalue weighted by atomic mass is 10.1. The molecule has 1 saturated carbocycles. The predicted octanol–water partition coefficient (Wildman–Crippen LogP) is 3.66. The number of carbonyl (C=O) groups is 1. The van der Waals surface area contributed by atoms with E-state index >= 15 is 0 Å². The third-order valence-electron chi connectivity index (χ3n) is 4.87. The fraction of sp³-hybridized carbons (Fsp3) is 0.556. The Morgan fingerprint density at radius 1 is 1.37 bits per heavy atom. The molecule has 1 amide bonds. The first-order valence-electron chi connectivity index (χ1n) is 9.32. The molecule has 0 spiro atoms. The van der Waals surface area contributed by atoms with Gasteiger partial charge >= 0.3 is 0 Å². The topological polar surface area (TPSA) is 86.8 Å². The van der Waals surface area contributed by atoms with Crippen molar-refractivity contribution in [1.29, 1.82) is 5.26 Å². The number of thiophene rings is 1. The van der Waals surface area contributed by atoms with Crippen LogP contribution in [0.2, 0.25) is 0 Å². The second kappa shape index (κ2) is 7.90. The third kappa shape index (κ3) is 3.96. The third-order valence-corrected chi connectivity index (χ3v) is 6.76. The van der Waals surface area contributed by atoms with Crippen molar-refractivity contribution in [3.05, 3.63) is 17.0 Å². The Hall–Kier alpha value is -2.05. The highest BCUT2D eigenvalue weighted by Gasteiger charge is 2.33. The maximum Gasteiger partial charge on any atom is 0.238 e. The summed E-state index contributed by atoms with van der Waals surface area (Å²) in [5, 5.41) is 23.7. The Bertz CT molecular complexity index is 860. The normalized spacial score (nSPS) is 18.1. The Morgan fingerprint density at radius 3 is 2.85 bits per heavy atom. The number of nitrogens with zero attached hydrogens (tertiary/aromatic N) is 5. The molecule has 1 atom stereocenters. The second-order valence-corrected chi connectivity index (χ2v) is 9.18. The molecular weight excluding hydrogens is 380 g/mol. The molecule has 2 aromatic rings. The number of amides is 1. The lowest BCUT2D eigenvalue weighted by Gasteiger charge is -2.28. The minimum absolute atomic E-state index is 0.121. The van der Waals surface area contributed by atoms with E-state index in [0.717, 1.165) is 37.0 Å². The second-order valence-electron chi connectivity index (χ2n) is 6.96. The molecule has 1 N–H and O–H groups in total. The zero-order valence-electron chi connectivity index (χ0n) is 15.2. The number of carbonyl (C=O) groups excluding carboxylic acids is 1. The molecule has 0 bridgehead atoms. The van der Waals surface area contributed by atoms with Gasteiger partial charge < -0.3 is 10.2 Å². The molecule has 1 aliphatic heterocycles. The highest BCUT2D eigenvalue weighted by atomic mass is 32.2. The predicted molar refractivity (Wildman–Crippen MR) is 107 cm³/mol. The van der Waals surface area contributed by atoms with E-state index in [1.165, 1.54) is 42.4 Å². The minimum atomic E-state index is -0.324. The molecule has 3 heterocycles. The van der Waals surface area contributed by atoms with Gasteiger partial charge in [0.05, 0.1) is 10.8 Å². The van der Waals surface area contributed by atoms with Crippen LogP contribution in [0.3, 0.4) is 0 Å². The standard InChI is InChI=1S/C18H22N6OS2/c1-12(15(25)20-16-13(11-19)7-10-26-16)27-18-22-21-17(24(18)14-5-6-14)23-8-3-2-4-9-23/h7,10,12,14H,2-6,8-9H2,1H3,(H,20,25). The van der Waals surface area contributed by atoms with Crippen LogP contribution in [0.5, 0.6) is 0 Å². The number of nitriles is 1. The van der Waals surface area contributed by atoms with E-state index in [9.17, 15) is 4.79 Å². The van der Waals surface area contributed by atoms with Crippen LogP contribution in [0.15, 0.2) is 16.6 Å². The first kappa shape index (κ1) is 18.3. The van der Waals surface area contributed by atoms with Gasteiger partial charge in [-0.15, -0.1) is 21.5 Å². The van der Waals surface area contributed by atoms with Crippen molar-refractivity contribution in [2.75, 3.05) is 23.3 Å². The maximum absolute atomic E-state index is 12.6. The lowest BCUT2D eigenvalue weighted by Crippen LogP contribution is -2.32. The number of nitrogens with one attached hydrogen (secondary N) is 1. The molecule has 4 rings (SSSR count). The van der Waals surface area contributed by atoms with Crippen LogP contribution in [0, 0.1) is 11.3 Å². The number of hydrogen-bond acceptors (Lipinski definition) is 7. The summed E-state index contributed by atoms with van der Waals surface area (Å²) in [5.41, 5.74) is 0.499. The van der Waals surface area contributed by atoms with Crippen molar-refractivity contribution in [2.45, 2.75) is 55.5 Å². The molecule has 142 valence electrons. The summed E-state index contributed by atoms with van der Waals surface area (Å²) in [7, 11) is 0. The molecule has 2 aliphatic rings. The molecule has 0 aromatic carbocycles. The van der Waals surface area contributed by atoms with Crippen molar-refractivity contribution < 1.29 is 4.79 Å². The zero-order valence-corrected chi connectivity index (χ0v) is 16.9. The van der Waals surface area contributed by atoms with Crippen molar-refractivity contribution in [2.24, 2.45) is 0 Å². The summed E-state index contributed by atoms with van der Waals surface area (Å²) in [5.74, 6) is 0.834. The first-order chi connectivity index (χ1) is 13.2. The van der Waals surface area contributed by atoms with Gasteiger partial charge in [0.1, 0.15) is 11.1 Å². The largest absolute Gasteiger partial charge is 0.341 e. The molecule has 0 radical (unpaired) electrons. The fourth-order valence-corrected chi connectivity index (χ4v) is 4.89. The van der Waals surface area contributed by atoms with Crippen molar-refractivity contribution in [3.63, 3.8) is 0 Å². The van der Waals surface area contributed by atoms with Gasteiger partial charge in [-0.2, -0.15) is 5.26 Å². The van der Waals surface area contributed by atoms with E-state index in [1.54, 1.807) is 11.4 Å². The number of anilines is 2. The van der Waals surface area contributed by atoms with Crippen LogP contribution in [0.1, 0.15) is 50.6 Å². The maximum atomic E-state index is 12.6. The smallest absolute Gasteiger partial charge is 0.238 e. The van der Waals surface area contributed by atoms with Crippen molar-refractivity contribution in [1.82, 2.24) is 14.8 Å². The van der Waals surface area contributed by atoms with Crippen LogP contribution in [-0.2, 0) is 4.79 Å². The van der Waals surface area contributed by atoms with E-state index in [2.05, 4.69) is 31.1 Å². The summed E-state index contributed by atoms with van der Waals surface area (Å²) in [4.78, 5) is 14.9. The minimum Gasteiger partial charge on any atom is -0.341 e. The van der Waals surface area contributed by atoms with E-state index in [-0.39, 0.29) is 11.2 Å². The highest BCUT2D eigenvalue weighted by Crippen LogP contribution is 2.42. The van der Waals surface area contributed by atoms with Crippen LogP contribution in [0.4, 0.5) is 10.9 Å². The van der Waals surface area contributed by atoms with Gasteiger partial charge in [-0.25, -0.2) is 0 Å². The van der Waals surface area contributed by atoms with Gasteiger partial charge in [-0.1, -0.05) is 11.8 Å². The average molecular weight is 403 g/mol. The van der Waals surface area contributed by atoms with Crippen molar-refractivity contribution >= 4 is 40.0 Å². The molecular formula is C18H22N6OS2. The molecule has 27 heavy (non-hydrogen) atoms. The highest BCUT2D eigenvalue weighted by molar-refractivity contribution is 8.00. The van der Waals surface area contributed by atoms with Crippen LogP contribution < -0.4 is 10.2 Å². The number of aromatic nitrogens is 3. The molecule has 1 unspecified atom stereocenters. The average Bonchev–Trinajstić information content (AvgIpc) is 3.28. The number of hydrogen-bond donors (Lipinski definition) is 1. The van der Waals surface area contributed by atoms with Crippen molar-refractivity contribution in [3.8, 4) is 6.07 Å². The Balaban J connectivity index is 1.48. The van der Waals surface area contributed by atoms with Gasteiger partial charge in [0.25, 0.3) is 0 Å². The van der Waals surface area contributed by atoms with E-state index < -0.39 is 0 Å². The molecule has 9 heteroatoms. The van der Waals surface area contributed by atoms with Crippen LogP contribution in [0.25, 0.3) is 0 Å². The quantitative estimate of drug-likeness (QED) is 0.742. The lowest BCUT2D eigenvalue weighted by molar-refractivity contribution is -0.115. The number of piperidine rings is 1. The van der Waals surface area contributed by atoms with Gasteiger partial charge in [0.2, 0.25) is 11.9 Å². The van der Waals surface area contributed by atoms with E-state index in [0.29, 0.717) is 16.6 Å². The fourth-order valence-electron chi connectivity index (χ4n) is 3.23. The first-order valence-corrected chi connectivity index (χ1v) is 11.1. The summed E-state index contributed by atoms with van der Waals surface area (Å²) >= 11 is 2.80. The molecule has 1 aliphatic carbocycles. The van der Waals surface area contributed by atoms with E-state index in [1.807, 2.05) is 6.92 Å². The monoisotopic (exact) mass is 402 g/mol. The molecule has 1 saturated heterocycles. The Labute approximate surface area is 166 Å². The van der Waals surface area contributed by atoms with Crippen LogP contribution >= 0.6 is 23.1 Å². The summed E-state index contributed by atoms with van der Waals surface area (Å²) < 4.78 is 2.23. The summed E-state index contributed by atoms with van der Waals surface area (Å²) in [6.07, 6.45) is 5.96. The van der Waals surface area contributed by atoms with Gasteiger partial charge in [0, 0.05) is 19.1 Å². The van der Waals surface area contributed by atoms with Crippen LogP contribution in [-0.4, -0.2) is 39.0 Å². The summed E-state index contributed by atoms with van der Waals surface area (Å²) in [6.45, 7) is 3.92. The Kier molecular flexibility index (Phi) is 5.36. The van der Waals surface area contributed by atoms with Gasteiger partial charge in [-0.3, -0.25) is 9.36 Å². The zero-order chi connectivity index (χ0) is 18.8. The SMILES string of the molecule is CC(Sc1nnc(N2CCCCC2)n1C1CC1)C(=O)Nc1sccc1C#N. The van der Waals surface area contributed by atoms with Gasteiger partial charge in [0.15, 0.2) is 5.16 Å². The molecule has 7 nitrogen and oxygen atoms in total. The number of thioether (sulfide) groups is 1.